The highest BCUT2D eigenvalue weighted by Gasteiger charge is 2.25. The van der Waals surface area contributed by atoms with Gasteiger partial charge in [0, 0.05) is 33.8 Å². The van der Waals surface area contributed by atoms with E-state index >= 15 is 0 Å². The summed E-state index contributed by atoms with van der Waals surface area (Å²) in [4.78, 5) is 23.4. The van der Waals surface area contributed by atoms with Gasteiger partial charge in [-0.2, -0.15) is 4.31 Å². The van der Waals surface area contributed by atoms with Crippen molar-refractivity contribution >= 4 is 43.2 Å². The monoisotopic (exact) mass is 468 g/mol. The van der Waals surface area contributed by atoms with Crippen LogP contribution in [0.2, 0.25) is 0 Å². The third-order valence-corrected chi connectivity index (χ3v) is 7.86. The number of para-hydroxylation sites is 1. The zero-order chi connectivity index (χ0) is 23.4. The largest absolute Gasteiger partial charge is 0.326 e. The molecule has 0 saturated heterocycles. The molecule has 0 spiro atoms. The molecule has 0 saturated carbocycles. The van der Waals surface area contributed by atoms with Gasteiger partial charge in [-0.3, -0.25) is 9.59 Å². The number of rotatable bonds is 8. The van der Waals surface area contributed by atoms with Gasteiger partial charge in [-0.05, 0) is 36.4 Å². The van der Waals surface area contributed by atoms with Gasteiger partial charge in [-0.1, -0.05) is 12.1 Å². The summed E-state index contributed by atoms with van der Waals surface area (Å²) in [6.07, 6.45) is 0. The van der Waals surface area contributed by atoms with Crippen LogP contribution in [0.3, 0.4) is 0 Å². The molecule has 0 aromatic heterocycles. The van der Waals surface area contributed by atoms with Crippen LogP contribution >= 0.6 is 0 Å². The third-order valence-electron chi connectivity index (χ3n) is 4.17. The second-order valence-electron chi connectivity index (χ2n) is 6.80. The van der Waals surface area contributed by atoms with E-state index in [0.29, 0.717) is 5.69 Å². The van der Waals surface area contributed by atoms with Crippen LogP contribution in [0.25, 0.3) is 0 Å². The summed E-state index contributed by atoms with van der Waals surface area (Å²) >= 11 is 0. The smallest absolute Gasteiger partial charge is 0.244 e. The fourth-order valence-corrected chi connectivity index (χ4v) is 4.73. The first kappa shape index (κ1) is 24.5. The molecule has 0 fully saturated rings. The lowest BCUT2D eigenvalue weighted by molar-refractivity contribution is -0.116. The van der Waals surface area contributed by atoms with E-state index in [4.69, 9.17) is 0 Å². The zero-order valence-corrected chi connectivity index (χ0v) is 19.1. The van der Waals surface area contributed by atoms with E-state index in [1.165, 1.54) is 70.5 Å². The maximum atomic E-state index is 12.7. The number of nitrogens with zero attached hydrogens (tertiary/aromatic N) is 2. The second-order valence-corrected chi connectivity index (χ2v) is 11.0. The quantitative estimate of drug-likeness (QED) is 0.597. The molecule has 0 aliphatic heterocycles. The highest BCUT2D eigenvalue weighted by atomic mass is 32.2. The normalized spacial score (nSPS) is 12.1. The Labute approximate surface area is 182 Å². The molecule has 168 valence electrons. The Hall–Kier alpha value is -2.80. The van der Waals surface area contributed by atoms with Gasteiger partial charge >= 0.3 is 0 Å². The molecule has 0 atom stereocenters. The van der Waals surface area contributed by atoms with Gasteiger partial charge in [0.25, 0.3) is 0 Å². The first-order valence-corrected chi connectivity index (χ1v) is 11.9. The van der Waals surface area contributed by atoms with E-state index in [-0.39, 0.29) is 21.4 Å². The summed E-state index contributed by atoms with van der Waals surface area (Å²) in [6.45, 7) is 0.797. The van der Waals surface area contributed by atoms with Crippen molar-refractivity contribution < 1.29 is 26.4 Å². The lowest BCUT2D eigenvalue weighted by Gasteiger charge is -2.19. The fraction of sp³-hybridized carbons (Fsp3) is 0.263. The van der Waals surface area contributed by atoms with Crippen LogP contribution in [0, 0.1) is 0 Å². The Morgan fingerprint density at radius 1 is 0.839 bits per heavy atom. The average Bonchev–Trinajstić information content (AvgIpc) is 2.68. The van der Waals surface area contributed by atoms with Crippen LogP contribution in [0.5, 0.6) is 0 Å². The standard InChI is InChI=1S/C19H24N4O6S2/c1-14(24)20-15-9-11-16(12-10-15)30(26,27)23(4)13-19(25)21-17-7-5-6-8-18(17)31(28,29)22(2)3/h5-12H,13H2,1-4H3,(H,20,24)(H,21,25). The van der Waals surface area contributed by atoms with Crippen LogP contribution in [0.1, 0.15) is 6.92 Å². The number of benzene rings is 2. The number of amides is 2. The molecule has 2 aromatic carbocycles. The van der Waals surface area contributed by atoms with Crippen molar-refractivity contribution in [2.75, 3.05) is 38.3 Å². The number of sulfonamides is 2. The number of likely N-dealkylation sites (N-methyl/N-ethyl adjacent to an activating group) is 1. The molecular weight excluding hydrogens is 444 g/mol. The third kappa shape index (κ3) is 5.88. The van der Waals surface area contributed by atoms with Crippen LogP contribution in [-0.2, 0) is 29.6 Å². The van der Waals surface area contributed by atoms with Crippen LogP contribution in [0.4, 0.5) is 11.4 Å². The Balaban J connectivity index is 2.17. The Bertz CT molecular complexity index is 1180. The van der Waals surface area contributed by atoms with Gasteiger partial charge in [0.2, 0.25) is 31.9 Å². The van der Waals surface area contributed by atoms with Crippen molar-refractivity contribution in [1.82, 2.24) is 8.61 Å². The molecule has 2 rings (SSSR count). The van der Waals surface area contributed by atoms with Gasteiger partial charge in [-0.15, -0.1) is 0 Å². The lowest BCUT2D eigenvalue weighted by atomic mass is 10.3. The van der Waals surface area contributed by atoms with Crippen molar-refractivity contribution in [3.05, 3.63) is 48.5 Å². The molecule has 0 heterocycles. The van der Waals surface area contributed by atoms with E-state index in [1.54, 1.807) is 6.07 Å². The molecule has 0 aliphatic carbocycles. The first-order valence-electron chi connectivity index (χ1n) is 9.01. The number of nitrogens with one attached hydrogen (secondary N) is 2. The summed E-state index contributed by atoms with van der Waals surface area (Å²) in [5, 5.41) is 4.99. The number of carbonyl (C=O) groups is 2. The number of hydrogen-bond acceptors (Lipinski definition) is 6. The van der Waals surface area contributed by atoms with Gasteiger partial charge in [0.15, 0.2) is 0 Å². The topological polar surface area (TPSA) is 133 Å². The van der Waals surface area contributed by atoms with Crippen molar-refractivity contribution in [1.29, 1.82) is 0 Å². The summed E-state index contributed by atoms with van der Waals surface area (Å²) in [6, 6.07) is 11.3. The Morgan fingerprint density at radius 3 is 1.97 bits per heavy atom. The summed E-state index contributed by atoms with van der Waals surface area (Å²) in [5.41, 5.74) is 0.484. The zero-order valence-electron chi connectivity index (χ0n) is 17.5. The van der Waals surface area contributed by atoms with Crippen LogP contribution < -0.4 is 10.6 Å². The van der Waals surface area contributed by atoms with E-state index in [1.807, 2.05) is 0 Å². The van der Waals surface area contributed by atoms with Gasteiger partial charge in [0.05, 0.1) is 17.1 Å². The minimum atomic E-state index is -3.99. The van der Waals surface area contributed by atoms with Crippen LogP contribution in [-0.4, -0.2) is 64.9 Å². The van der Waals surface area contributed by atoms with E-state index in [0.717, 1.165) is 8.61 Å². The summed E-state index contributed by atoms with van der Waals surface area (Å²) in [5.74, 6) is -0.997. The predicted molar refractivity (Wildman–Crippen MR) is 117 cm³/mol. The molecule has 0 bridgehead atoms. The van der Waals surface area contributed by atoms with Gasteiger partial charge < -0.3 is 10.6 Å². The first-order chi connectivity index (χ1) is 14.4. The Morgan fingerprint density at radius 2 is 1.42 bits per heavy atom. The molecule has 2 amide bonds. The Kier molecular flexibility index (Phi) is 7.54. The molecule has 2 aromatic rings. The van der Waals surface area contributed by atoms with E-state index in [2.05, 4.69) is 10.6 Å². The van der Waals surface area contributed by atoms with Crippen molar-refractivity contribution in [2.45, 2.75) is 16.7 Å². The molecular formula is C19H24N4O6S2. The van der Waals surface area contributed by atoms with Crippen molar-refractivity contribution in [2.24, 2.45) is 0 Å². The van der Waals surface area contributed by atoms with E-state index < -0.39 is 32.5 Å². The summed E-state index contributed by atoms with van der Waals surface area (Å²) in [7, 11) is -3.83. The molecule has 0 radical (unpaired) electrons. The van der Waals surface area contributed by atoms with Gasteiger partial charge in [-0.25, -0.2) is 21.1 Å². The molecule has 12 heteroatoms. The molecule has 10 nitrogen and oxygen atoms in total. The minimum absolute atomic E-state index is 0.0478. The number of anilines is 2. The van der Waals surface area contributed by atoms with Crippen molar-refractivity contribution in [3.63, 3.8) is 0 Å². The number of carbonyl (C=O) groups excluding carboxylic acids is 2. The maximum Gasteiger partial charge on any atom is 0.244 e. The SMILES string of the molecule is CC(=O)Nc1ccc(S(=O)(=O)N(C)CC(=O)Nc2ccccc2S(=O)(=O)N(C)C)cc1. The molecule has 0 aliphatic rings. The summed E-state index contributed by atoms with van der Waals surface area (Å²) < 4.78 is 52.2. The highest BCUT2D eigenvalue weighted by molar-refractivity contribution is 7.89. The number of hydrogen-bond donors (Lipinski definition) is 2. The van der Waals surface area contributed by atoms with Crippen molar-refractivity contribution in [3.8, 4) is 0 Å². The second kappa shape index (κ2) is 9.56. The van der Waals surface area contributed by atoms with Crippen LogP contribution in [0.15, 0.2) is 58.3 Å². The van der Waals surface area contributed by atoms with E-state index in [9.17, 15) is 26.4 Å². The molecule has 0 unspecified atom stereocenters. The fourth-order valence-electron chi connectivity index (χ4n) is 2.56. The maximum absolute atomic E-state index is 12.7. The minimum Gasteiger partial charge on any atom is -0.326 e. The molecule has 2 N–H and O–H groups in total. The molecule has 31 heavy (non-hydrogen) atoms. The lowest BCUT2D eigenvalue weighted by Crippen LogP contribution is -2.35. The highest BCUT2D eigenvalue weighted by Crippen LogP contribution is 2.23. The predicted octanol–water partition coefficient (Wildman–Crippen LogP) is 1.15. The van der Waals surface area contributed by atoms with Gasteiger partial charge in [0.1, 0.15) is 4.90 Å². The average molecular weight is 469 g/mol.